The Kier molecular flexibility index (Phi) is 8.93. The number of carbonyl (C=O) groups excluding carboxylic acids is 1. The van der Waals surface area contributed by atoms with Gasteiger partial charge in [0.2, 0.25) is 15.9 Å². The fourth-order valence-electron chi connectivity index (χ4n) is 7.62. The van der Waals surface area contributed by atoms with Crippen molar-refractivity contribution >= 4 is 32.7 Å². The van der Waals surface area contributed by atoms with Crippen molar-refractivity contribution in [3.05, 3.63) is 94.1 Å². The molecule has 0 bridgehead atoms. The maximum atomic E-state index is 15.4. The molecule has 2 aliphatic carbocycles. The van der Waals surface area contributed by atoms with Crippen LogP contribution < -0.4 is 15.4 Å². The van der Waals surface area contributed by atoms with Crippen molar-refractivity contribution in [1.82, 2.24) is 35.2 Å². The summed E-state index contributed by atoms with van der Waals surface area (Å²) in [6.45, 7) is -0.724. The molecule has 3 atom stereocenters. The second kappa shape index (κ2) is 13.3. The summed E-state index contributed by atoms with van der Waals surface area (Å²) in [5.74, 6) is -3.54. The standard InChI is InChI=1S/C37H31F7N8O4S/c1-51-31-23(4-3-5-24(31)34(49-51)50-57(2,55)56)22-7-6-21(8-9-35(54)16-45-17-35)46-30(22)27(12-18-10-19(38)13-20(39)11-18)47-28(53)15-52-33-29(32(48-52)37(42,43)44)25-14-26(25)36(33,40)41/h3-7,10-11,13,25-27,45,54H,12,14-17H2,1-2H3,(H,47,53)(H,49,50)/t25-,26+,27?/m0/s1. The summed E-state index contributed by atoms with van der Waals surface area (Å²) in [5, 5.41) is 24.3. The van der Waals surface area contributed by atoms with Crippen LogP contribution in [-0.4, -0.2) is 68.9 Å². The van der Waals surface area contributed by atoms with E-state index < -0.39 is 86.6 Å². The van der Waals surface area contributed by atoms with Crippen LogP contribution in [0.3, 0.4) is 0 Å². The first-order valence-electron chi connectivity index (χ1n) is 17.4. The van der Waals surface area contributed by atoms with Gasteiger partial charge < -0.3 is 15.7 Å². The SMILES string of the molecule is Cn1nc(NS(C)(=O)=O)c2cccc(-c3ccc(C#CC4(O)CNC4)nc3C(Cc3cc(F)cc(F)c3)NC(=O)Cn3nc(C(F)(F)F)c4c3C(F)(F)[C@@H]3C[C@H]43)c21. The molecule has 8 rings (SSSR count). The van der Waals surface area contributed by atoms with Gasteiger partial charge in [0.15, 0.2) is 17.1 Å². The van der Waals surface area contributed by atoms with Crippen LogP contribution in [0.5, 0.6) is 0 Å². The number of hydrogen-bond acceptors (Lipinski definition) is 8. The van der Waals surface area contributed by atoms with Crippen LogP contribution in [0, 0.1) is 29.4 Å². The van der Waals surface area contributed by atoms with Gasteiger partial charge >= 0.3 is 6.18 Å². The minimum absolute atomic E-state index is 0.00398. The van der Waals surface area contributed by atoms with Gasteiger partial charge in [-0.25, -0.2) is 22.2 Å². The van der Waals surface area contributed by atoms with Crippen molar-refractivity contribution in [2.45, 2.75) is 49.0 Å². The van der Waals surface area contributed by atoms with Crippen molar-refractivity contribution in [1.29, 1.82) is 0 Å². The molecule has 2 aromatic carbocycles. The molecule has 1 saturated carbocycles. The zero-order valence-corrected chi connectivity index (χ0v) is 30.7. The van der Waals surface area contributed by atoms with Crippen LogP contribution in [0.15, 0.2) is 48.5 Å². The van der Waals surface area contributed by atoms with Crippen molar-refractivity contribution in [2.24, 2.45) is 13.0 Å². The summed E-state index contributed by atoms with van der Waals surface area (Å²) in [6.07, 6.45) is -4.65. The molecule has 298 valence electrons. The van der Waals surface area contributed by atoms with E-state index in [0.29, 0.717) is 27.2 Å². The number of fused-ring (bicyclic) bond motifs is 4. The lowest BCUT2D eigenvalue weighted by Crippen LogP contribution is -2.58. The first kappa shape index (κ1) is 38.4. The number of halogens is 7. The number of sulfonamides is 1. The zero-order chi connectivity index (χ0) is 40.8. The molecule has 2 fully saturated rings. The van der Waals surface area contributed by atoms with Crippen LogP contribution in [0.25, 0.3) is 22.0 Å². The number of pyridine rings is 1. The van der Waals surface area contributed by atoms with E-state index in [4.69, 9.17) is 4.98 Å². The highest BCUT2D eigenvalue weighted by Crippen LogP contribution is 2.68. The van der Waals surface area contributed by atoms with E-state index in [1.807, 2.05) is 0 Å². The van der Waals surface area contributed by atoms with E-state index in [0.717, 1.165) is 18.4 Å². The molecule has 5 aromatic rings. The third-order valence-corrected chi connectivity index (χ3v) is 10.7. The molecule has 3 aliphatic rings. The highest BCUT2D eigenvalue weighted by molar-refractivity contribution is 7.92. The van der Waals surface area contributed by atoms with Gasteiger partial charge in [-0.3, -0.25) is 18.9 Å². The number of aliphatic hydroxyl groups is 1. The number of β-amino-alcohol motifs (C(OH)–C–C–N with tert-alkyl or cyclic N) is 1. The van der Waals surface area contributed by atoms with Gasteiger partial charge in [-0.1, -0.05) is 18.1 Å². The molecule has 1 unspecified atom stereocenters. The Hall–Kier alpha value is -5.52. The molecule has 4 N–H and O–H groups in total. The van der Waals surface area contributed by atoms with Crippen LogP contribution in [0.2, 0.25) is 0 Å². The van der Waals surface area contributed by atoms with E-state index >= 15 is 8.78 Å². The molecule has 20 heteroatoms. The number of para-hydroxylation sites is 1. The van der Waals surface area contributed by atoms with Gasteiger partial charge in [0.05, 0.1) is 23.5 Å². The number of rotatable bonds is 9. The number of aromatic nitrogens is 5. The topological polar surface area (TPSA) is 156 Å². The number of anilines is 1. The summed E-state index contributed by atoms with van der Waals surface area (Å²) in [6, 6.07) is 9.18. The minimum atomic E-state index is -5.07. The fraction of sp³-hybridized carbons (Fsp3) is 0.351. The third kappa shape index (κ3) is 7.19. The lowest BCUT2D eigenvalue weighted by atomic mass is 9.93. The monoisotopic (exact) mass is 816 g/mol. The Balaban J connectivity index is 1.26. The van der Waals surface area contributed by atoms with Crippen molar-refractivity contribution in [3.63, 3.8) is 0 Å². The van der Waals surface area contributed by atoms with Gasteiger partial charge in [-0.2, -0.15) is 32.1 Å². The number of amides is 1. The smallest absolute Gasteiger partial charge is 0.375 e. The Morgan fingerprint density at radius 2 is 1.81 bits per heavy atom. The molecule has 1 amide bonds. The summed E-state index contributed by atoms with van der Waals surface area (Å²) >= 11 is 0. The Morgan fingerprint density at radius 1 is 1.09 bits per heavy atom. The van der Waals surface area contributed by atoms with Crippen molar-refractivity contribution in [2.75, 3.05) is 24.1 Å². The summed E-state index contributed by atoms with van der Waals surface area (Å²) in [7, 11) is -2.23. The third-order valence-electron chi connectivity index (χ3n) is 10.1. The van der Waals surface area contributed by atoms with E-state index in [-0.39, 0.29) is 54.3 Å². The highest BCUT2D eigenvalue weighted by Gasteiger charge is 2.68. The molecule has 12 nitrogen and oxygen atoms in total. The first-order valence-corrected chi connectivity index (χ1v) is 19.3. The summed E-state index contributed by atoms with van der Waals surface area (Å²) < 4.78 is 130. The molecule has 1 saturated heterocycles. The van der Waals surface area contributed by atoms with Crippen molar-refractivity contribution in [3.8, 4) is 23.0 Å². The lowest BCUT2D eigenvalue weighted by Gasteiger charge is -2.32. The van der Waals surface area contributed by atoms with E-state index in [9.17, 15) is 40.3 Å². The van der Waals surface area contributed by atoms with E-state index in [1.54, 1.807) is 31.3 Å². The summed E-state index contributed by atoms with van der Waals surface area (Å²) in [4.78, 5) is 18.6. The number of benzene rings is 2. The van der Waals surface area contributed by atoms with Crippen molar-refractivity contribution < 1.29 is 49.1 Å². The quantitative estimate of drug-likeness (QED) is 0.125. The normalized spacial score (nSPS) is 19.5. The van der Waals surface area contributed by atoms with Crippen LogP contribution in [0.1, 0.15) is 52.3 Å². The predicted octanol–water partition coefficient (Wildman–Crippen LogP) is 4.50. The second-order valence-electron chi connectivity index (χ2n) is 14.5. The van der Waals surface area contributed by atoms with Gasteiger partial charge in [0, 0.05) is 54.2 Å². The maximum Gasteiger partial charge on any atom is 0.435 e. The van der Waals surface area contributed by atoms with E-state index in [2.05, 4.69) is 37.4 Å². The number of nitrogens with zero attached hydrogens (tertiary/aromatic N) is 5. The molecule has 57 heavy (non-hydrogen) atoms. The number of aryl methyl sites for hydroxylation is 1. The van der Waals surface area contributed by atoms with Crippen LogP contribution >= 0.6 is 0 Å². The van der Waals surface area contributed by atoms with Crippen LogP contribution in [-0.2, 0) is 46.9 Å². The summed E-state index contributed by atoms with van der Waals surface area (Å²) in [5.41, 5.74) is -3.33. The maximum absolute atomic E-state index is 15.4. The number of hydrogen-bond donors (Lipinski definition) is 4. The average molecular weight is 817 g/mol. The Labute approximate surface area is 319 Å². The average Bonchev–Trinajstić information content (AvgIpc) is 3.64. The number of carbonyl (C=O) groups is 1. The molecular formula is C37H31F7N8O4S. The zero-order valence-electron chi connectivity index (χ0n) is 29.8. The van der Waals surface area contributed by atoms with Gasteiger partial charge in [0.25, 0.3) is 5.92 Å². The van der Waals surface area contributed by atoms with E-state index in [1.165, 1.54) is 10.7 Å². The molecule has 0 radical (unpaired) electrons. The minimum Gasteiger partial charge on any atom is -0.375 e. The molecule has 1 aliphatic heterocycles. The Morgan fingerprint density at radius 3 is 2.46 bits per heavy atom. The Bertz CT molecular complexity index is 2640. The number of alkyl halides is 5. The molecular weight excluding hydrogens is 786 g/mol. The molecule has 0 spiro atoms. The fourth-order valence-corrected chi connectivity index (χ4v) is 8.13. The predicted molar refractivity (Wildman–Crippen MR) is 190 cm³/mol. The first-order chi connectivity index (χ1) is 26.7. The molecule has 3 aromatic heterocycles. The molecule has 4 heterocycles. The second-order valence-corrected chi connectivity index (χ2v) is 16.3. The largest absolute Gasteiger partial charge is 0.435 e. The highest BCUT2D eigenvalue weighted by atomic mass is 32.2. The van der Waals surface area contributed by atoms with Crippen LogP contribution in [0.4, 0.5) is 36.6 Å². The van der Waals surface area contributed by atoms with Gasteiger partial charge in [-0.15, -0.1) is 0 Å². The van der Waals surface area contributed by atoms with Gasteiger partial charge in [-0.05, 0) is 60.6 Å². The van der Waals surface area contributed by atoms with Gasteiger partial charge in [0.1, 0.15) is 29.6 Å². The number of nitrogens with one attached hydrogen (secondary N) is 3. The lowest BCUT2D eigenvalue weighted by molar-refractivity contribution is -0.142.